The fourth-order valence-electron chi connectivity index (χ4n) is 1.84. The van der Waals surface area contributed by atoms with Crippen LogP contribution in [0.2, 0.25) is 0 Å². The molecule has 2 rings (SSSR count). The molecule has 1 aromatic carbocycles. The summed E-state index contributed by atoms with van der Waals surface area (Å²) in [6.45, 7) is 4.50. The molecule has 0 saturated heterocycles. The van der Waals surface area contributed by atoms with Gasteiger partial charge < -0.3 is 9.88 Å². The summed E-state index contributed by atoms with van der Waals surface area (Å²) in [7, 11) is 0. The molecule has 1 heterocycles. The van der Waals surface area contributed by atoms with Crippen molar-refractivity contribution in [2.45, 2.75) is 26.4 Å². The predicted molar refractivity (Wildman–Crippen MR) is 77.4 cm³/mol. The highest BCUT2D eigenvalue weighted by Crippen LogP contribution is 2.21. The molecule has 2 aromatic rings. The van der Waals surface area contributed by atoms with E-state index in [2.05, 4.69) is 33.2 Å². The SMILES string of the molecule is CCCNCc1cn(Cc2cccc(F)c2Br)cn1. The Hall–Kier alpha value is -1.20. The van der Waals surface area contributed by atoms with Gasteiger partial charge in [0.05, 0.1) is 16.5 Å². The molecule has 1 N–H and O–H groups in total. The Bertz CT molecular complexity index is 539. The summed E-state index contributed by atoms with van der Waals surface area (Å²) in [5, 5.41) is 3.30. The number of hydrogen-bond donors (Lipinski definition) is 1. The summed E-state index contributed by atoms with van der Waals surface area (Å²) in [5.74, 6) is -0.234. The van der Waals surface area contributed by atoms with Gasteiger partial charge in [0.1, 0.15) is 5.82 Å². The topological polar surface area (TPSA) is 29.9 Å². The summed E-state index contributed by atoms with van der Waals surface area (Å²) >= 11 is 3.27. The predicted octanol–water partition coefficient (Wildman–Crippen LogP) is 3.33. The fourth-order valence-corrected chi connectivity index (χ4v) is 2.23. The minimum Gasteiger partial charge on any atom is -0.333 e. The van der Waals surface area contributed by atoms with E-state index in [1.54, 1.807) is 12.4 Å². The van der Waals surface area contributed by atoms with E-state index in [0.29, 0.717) is 11.0 Å². The van der Waals surface area contributed by atoms with E-state index in [1.165, 1.54) is 6.07 Å². The molecule has 0 bridgehead atoms. The van der Waals surface area contributed by atoms with E-state index in [-0.39, 0.29) is 5.82 Å². The number of halogens is 2. The molecule has 0 spiro atoms. The molecule has 0 amide bonds. The Morgan fingerprint density at radius 2 is 2.26 bits per heavy atom. The van der Waals surface area contributed by atoms with Gasteiger partial charge in [-0.25, -0.2) is 9.37 Å². The molecular weight excluding hydrogens is 309 g/mol. The van der Waals surface area contributed by atoms with Crippen molar-refractivity contribution in [1.82, 2.24) is 14.9 Å². The molecule has 19 heavy (non-hydrogen) atoms. The molecule has 0 unspecified atom stereocenters. The zero-order valence-corrected chi connectivity index (χ0v) is 12.5. The Balaban J connectivity index is 2.01. The van der Waals surface area contributed by atoms with Gasteiger partial charge in [-0.15, -0.1) is 0 Å². The largest absolute Gasteiger partial charge is 0.333 e. The molecule has 0 aliphatic carbocycles. The molecule has 102 valence electrons. The standard InChI is InChI=1S/C14H17BrFN3/c1-2-6-17-7-12-9-19(10-18-12)8-11-4-3-5-13(16)14(11)15/h3-5,9-10,17H,2,6-8H2,1H3. The second kappa shape index (κ2) is 6.82. The molecule has 0 aliphatic rings. The summed E-state index contributed by atoms with van der Waals surface area (Å²) in [5.41, 5.74) is 1.91. The Labute approximate surface area is 121 Å². The molecule has 0 fully saturated rings. The number of hydrogen-bond acceptors (Lipinski definition) is 2. The fraction of sp³-hybridized carbons (Fsp3) is 0.357. The van der Waals surface area contributed by atoms with E-state index in [0.717, 1.165) is 30.8 Å². The van der Waals surface area contributed by atoms with Crippen LogP contribution in [0, 0.1) is 5.82 Å². The van der Waals surface area contributed by atoms with Crippen LogP contribution in [0.4, 0.5) is 4.39 Å². The average Bonchev–Trinajstić information content (AvgIpc) is 2.83. The summed E-state index contributed by atoms with van der Waals surface area (Å²) in [4.78, 5) is 4.33. The molecule has 0 atom stereocenters. The van der Waals surface area contributed by atoms with E-state index >= 15 is 0 Å². The van der Waals surface area contributed by atoms with Crippen LogP contribution in [0.15, 0.2) is 35.2 Å². The summed E-state index contributed by atoms with van der Waals surface area (Å²) in [6, 6.07) is 5.07. The van der Waals surface area contributed by atoms with Gasteiger partial charge in [0.2, 0.25) is 0 Å². The van der Waals surface area contributed by atoms with Gasteiger partial charge >= 0.3 is 0 Å². The van der Waals surface area contributed by atoms with Gasteiger partial charge in [0.25, 0.3) is 0 Å². The number of nitrogens with zero attached hydrogens (tertiary/aromatic N) is 2. The van der Waals surface area contributed by atoms with Crippen LogP contribution in [0.3, 0.4) is 0 Å². The van der Waals surface area contributed by atoms with Crippen LogP contribution in [0.25, 0.3) is 0 Å². The van der Waals surface area contributed by atoms with Crippen molar-refractivity contribution in [3.05, 3.63) is 52.3 Å². The van der Waals surface area contributed by atoms with Crippen LogP contribution in [-0.4, -0.2) is 16.1 Å². The van der Waals surface area contributed by atoms with Crippen molar-refractivity contribution in [3.8, 4) is 0 Å². The van der Waals surface area contributed by atoms with Crippen LogP contribution in [0.5, 0.6) is 0 Å². The second-order valence-electron chi connectivity index (χ2n) is 4.43. The van der Waals surface area contributed by atoms with Crippen molar-refractivity contribution >= 4 is 15.9 Å². The number of rotatable bonds is 6. The Morgan fingerprint density at radius 3 is 3.05 bits per heavy atom. The first-order valence-electron chi connectivity index (χ1n) is 6.35. The monoisotopic (exact) mass is 325 g/mol. The smallest absolute Gasteiger partial charge is 0.137 e. The van der Waals surface area contributed by atoms with E-state index < -0.39 is 0 Å². The van der Waals surface area contributed by atoms with Crippen molar-refractivity contribution in [2.24, 2.45) is 0 Å². The number of aromatic nitrogens is 2. The van der Waals surface area contributed by atoms with Gasteiger partial charge in [-0.2, -0.15) is 0 Å². The van der Waals surface area contributed by atoms with E-state index in [1.807, 2.05) is 16.8 Å². The zero-order valence-electron chi connectivity index (χ0n) is 10.9. The molecule has 5 heteroatoms. The van der Waals surface area contributed by atoms with Crippen molar-refractivity contribution in [3.63, 3.8) is 0 Å². The normalized spacial score (nSPS) is 10.9. The highest BCUT2D eigenvalue weighted by molar-refractivity contribution is 9.10. The van der Waals surface area contributed by atoms with E-state index in [4.69, 9.17) is 0 Å². The lowest BCUT2D eigenvalue weighted by Crippen LogP contribution is -2.13. The first-order chi connectivity index (χ1) is 9.20. The van der Waals surface area contributed by atoms with Crippen LogP contribution < -0.4 is 5.32 Å². The lowest BCUT2D eigenvalue weighted by atomic mass is 10.2. The third kappa shape index (κ3) is 3.88. The van der Waals surface area contributed by atoms with Gasteiger partial charge in [0.15, 0.2) is 0 Å². The number of nitrogens with one attached hydrogen (secondary N) is 1. The highest BCUT2D eigenvalue weighted by Gasteiger charge is 2.06. The molecule has 0 aliphatic heterocycles. The minimum absolute atomic E-state index is 0.234. The van der Waals surface area contributed by atoms with Gasteiger partial charge in [-0.1, -0.05) is 19.1 Å². The molecule has 0 saturated carbocycles. The highest BCUT2D eigenvalue weighted by atomic mass is 79.9. The van der Waals surface area contributed by atoms with Crippen LogP contribution in [0.1, 0.15) is 24.6 Å². The third-order valence-corrected chi connectivity index (χ3v) is 3.69. The Morgan fingerprint density at radius 1 is 1.42 bits per heavy atom. The number of imidazole rings is 1. The molecule has 1 aromatic heterocycles. The molecule has 0 radical (unpaired) electrons. The second-order valence-corrected chi connectivity index (χ2v) is 5.22. The molecule has 3 nitrogen and oxygen atoms in total. The average molecular weight is 326 g/mol. The third-order valence-electron chi connectivity index (χ3n) is 2.80. The quantitative estimate of drug-likeness (QED) is 0.825. The lowest BCUT2D eigenvalue weighted by molar-refractivity contribution is 0.615. The first kappa shape index (κ1) is 14.2. The maximum Gasteiger partial charge on any atom is 0.137 e. The lowest BCUT2D eigenvalue weighted by Gasteiger charge is -2.05. The first-order valence-corrected chi connectivity index (χ1v) is 7.14. The summed E-state index contributed by atoms with van der Waals surface area (Å²) in [6.07, 6.45) is 4.87. The molecular formula is C14H17BrFN3. The van der Waals surface area contributed by atoms with Crippen LogP contribution in [-0.2, 0) is 13.1 Å². The van der Waals surface area contributed by atoms with Gasteiger partial charge in [-0.3, -0.25) is 0 Å². The van der Waals surface area contributed by atoms with E-state index in [9.17, 15) is 4.39 Å². The van der Waals surface area contributed by atoms with Crippen molar-refractivity contribution in [1.29, 1.82) is 0 Å². The zero-order chi connectivity index (χ0) is 13.7. The van der Waals surface area contributed by atoms with Gasteiger partial charge in [-0.05, 0) is 40.5 Å². The minimum atomic E-state index is -0.234. The van der Waals surface area contributed by atoms with Crippen LogP contribution >= 0.6 is 15.9 Å². The Kier molecular flexibility index (Phi) is 5.10. The maximum absolute atomic E-state index is 13.4. The van der Waals surface area contributed by atoms with Crippen molar-refractivity contribution in [2.75, 3.05) is 6.54 Å². The van der Waals surface area contributed by atoms with Gasteiger partial charge in [0, 0.05) is 19.3 Å². The maximum atomic E-state index is 13.4. The number of benzene rings is 1. The summed E-state index contributed by atoms with van der Waals surface area (Å²) < 4.78 is 15.9. The van der Waals surface area contributed by atoms with Crippen molar-refractivity contribution < 1.29 is 4.39 Å².